The average molecular weight is 417 g/mol. The van der Waals surface area contributed by atoms with Crippen molar-refractivity contribution in [1.82, 2.24) is 0 Å². The topological polar surface area (TPSA) is 94.8 Å². The van der Waals surface area contributed by atoms with Gasteiger partial charge in [0.05, 0.1) is 11.7 Å². The first-order valence-electron chi connectivity index (χ1n) is 11.1. The van der Waals surface area contributed by atoms with Crippen LogP contribution in [0.2, 0.25) is 0 Å². The second-order valence-corrected chi connectivity index (χ2v) is 8.78. The van der Waals surface area contributed by atoms with Crippen LogP contribution >= 0.6 is 0 Å². The van der Waals surface area contributed by atoms with Gasteiger partial charge >= 0.3 is 5.97 Å². The number of aliphatic carboxylic acids is 1. The predicted octanol–water partition coefficient (Wildman–Crippen LogP) is 4.65. The largest absolute Gasteiger partial charge is 0.478 e. The zero-order valence-electron chi connectivity index (χ0n) is 18.3. The Bertz CT molecular complexity index is 739. The molecule has 0 radical (unpaired) electrons. The molecule has 5 nitrogen and oxygen atoms in total. The molecule has 0 aromatic heterocycles. The van der Waals surface area contributed by atoms with Gasteiger partial charge in [0.15, 0.2) is 0 Å². The van der Waals surface area contributed by atoms with E-state index in [1.807, 2.05) is 24.3 Å². The number of hydrogen-bond donors (Lipinski definition) is 3. The van der Waals surface area contributed by atoms with Crippen molar-refractivity contribution < 1.29 is 24.9 Å². The first kappa shape index (κ1) is 24.3. The van der Waals surface area contributed by atoms with Crippen LogP contribution in [0, 0.1) is 5.92 Å². The van der Waals surface area contributed by atoms with E-state index in [1.54, 1.807) is 6.92 Å². The van der Waals surface area contributed by atoms with Crippen LogP contribution in [0.5, 0.6) is 0 Å². The van der Waals surface area contributed by atoms with Crippen molar-refractivity contribution in [2.45, 2.75) is 89.8 Å². The number of carboxylic acids is 1. The molecule has 0 saturated heterocycles. The van der Waals surface area contributed by atoms with Crippen molar-refractivity contribution >= 4 is 11.8 Å². The van der Waals surface area contributed by atoms with E-state index in [9.17, 15) is 24.9 Å². The van der Waals surface area contributed by atoms with Gasteiger partial charge in [0.25, 0.3) is 0 Å². The first-order valence-corrected chi connectivity index (χ1v) is 11.1. The molecule has 3 atom stereocenters. The predicted molar refractivity (Wildman–Crippen MR) is 118 cm³/mol. The highest BCUT2D eigenvalue weighted by molar-refractivity contribution is 5.91. The lowest BCUT2D eigenvalue weighted by atomic mass is 9.86. The molecule has 2 aliphatic rings. The van der Waals surface area contributed by atoms with Crippen molar-refractivity contribution in [3.8, 4) is 0 Å². The van der Waals surface area contributed by atoms with Crippen LogP contribution in [-0.2, 0) is 9.59 Å². The number of carbonyl (C=O) groups is 2. The summed E-state index contributed by atoms with van der Waals surface area (Å²) < 4.78 is 0. The van der Waals surface area contributed by atoms with E-state index in [2.05, 4.69) is 6.08 Å². The molecule has 0 amide bonds. The third-order valence-electron chi connectivity index (χ3n) is 6.07. The van der Waals surface area contributed by atoms with Crippen LogP contribution in [0.4, 0.5) is 0 Å². The molecular formula is C25H36O5. The third-order valence-corrected chi connectivity index (χ3v) is 6.07. The van der Waals surface area contributed by atoms with E-state index in [0.29, 0.717) is 37.7 Å². The van der Waals surface area contributed by atoms with E-state index in [-0.39, 0.29) is 11.4 Å². The second kappa shape index (κ2) is 11.4. The number of aliphatic hydroxyl groups excluding tert-OH is 1. The minimum absolute atomic E-state index is 0.0354. The number of carbonyl (C=O) groups excluding carboxylic acids is 1. The molecule has 166 valence electrons. The molecular weight excluding hydrogens is 380 g/mol. The zero-order valence-corrected chi connectivity index (χ0v) is 18.3. The average Bonchev–Trinajstić information content (AvgIpc) is 3.35. The molecule has 1 unspecified atom stereocenters. The van der Waals surface area contributed by atoms with Gasteiger partial charge in [0.2, 0.25) is 0 Å². The maximum absolute atomic E-state index is 12.1. The molecule has 1 saturated carbocycles. The second-order valence-electron chi connectivity index (χ2n) is 8.78. The first-order chi connectivity index (χ1) is 14.2. The summed E-state index contributed by atoms with van der Waals surface area (Å²) in [7, 11) is 0. The summed E-state index contributed by atoms with van der Waals surface area (Å²) in [5.74, 6) is -1.50. The smallest absolute Gasteiger partial charge is 0.331 e. The highest BCUT2D eigenvalue weighted by Crippen LogP contribution is 2.33. The summed E-state index contributed by atoms with van der Waals surface area (Å²) >= 11 is 0. The van der Waals surface area contributed by atoms with Crippen LogP contribution in [0.1, 0.15) is 78.1 Å². The van der Waals surface area contributed by atoms with Gasteiger partial charge < -0.3 is 15.3 Å². The standard InChI is InChI=1S/C25H36O5/c1-18(24(28)29)23(20-12-9-14-21(20)26)22(27)13-5-3-4-8-16-25(2,30)17-15-19-10-6-7-11-19/h4,8,10,15,17,20,22,27,30H,3,5-7,9,11-14,16H2,1-2H3,(H,28,29)/t20-,22?,25+/m0/s1. The van der Waals surface area contributed by atoms with E-state index < -0.39 is 23.6 Å². The summed E-state index contributed by atoms with van der Waals surface area (Å²) in [6, 6.07) is 0. The highest BCUT2D eigenvalue weighted by atomic mass is 16.4. The Morgan fingerprint density at radius 2 is 2.07 bits per heavy atom. The number of rotatable bonds is 11. The maximum atomic E-state index is 12.1. The lowest BCUT2D eigenvalue weighted by Gasteiger charge is -2.21. The number of Topliss-reactive ketones (excluding diaryl/α,β-unsaturated/α-hetero) is 1. The monoisotopic (exact) mass is 416 g/mol. The molecule has 0 heterocycles. The van der Waals surface area contributed by atoms with Crippen LogP contribution in [0.3, 0.4) is 0 Å². The Kier molecular flexibility index (Phi) is 9.25. The summed E-state index contributed by atoms with van der Waals surface area (Å²) in [5.41, 5.74) is 0.882. The quantitative estimate of drug-likeness (QED) is 0.259. The Hall–Kier alpha value is -1.98. The molecule has 0 aliphatic heterocycles. The molecule has 30 heavy (non-hydrogen) atoms. The van der Waals surface area contributed by atoms with Crippen molar-refractivity contribution in [2.24, 2.45) is 5.92 Å². The van der Waals surface area contributed by atoms with Crippen molar-refractivity contribution in [2.75, 3.05) is 0 Å². The molecule has 3 N–H and O–H groups in total. The number of aliphatic hydroxyl groups is 2. The lowest BCUT2D eigenvalue weighted by molar-refractivity contribution is -0.132. The fourth-order valence-corrected chi connectivity index (χ4v) is 4.24. The van der Waals surface area contributed by atoms with E-state index >= 15 is 0 Å². The summed E-state index contributed by atoms with van der Waals surface area (Å²) in [6.07, 6.45) is 16.6. The fraction of sp³-hybridized carbons (Fsp3) is 0.600. The van der Waals surface area contributed by atoms with Crippen molar-refractivity contribution in [3.05, 3.63) is 47.1 Å². The molecule has 2 aliphatic carbocycles. The summed E-state index contributed by atoms with van der Waals surface area (Å²) in [4.78, 5) is 23.5. The normalized spacial score (nSPS) is 23.7. The van der Waals surface area contributed by atoms with Crippen LogP contribution in [-0.4, -0.2) is 38.8 Å². The number of allylic oxidation sites excluding steroid dienone is 4. The fourth-order valence-electron chi connectivity index (χ4n) is 4.24. The molecule has 0 bridgehead atoms. The number of carboxylic acid groups (broad SMARTS) is 1. The van der Waals surface area contributed by atoms with E-state index in [4.69, 9.17) is 0 Å². The molecule has 2 rings (SSSR count). The molecule has 5 heteroatoms. The minimum Gasteiger partial charge on any atom is -0.478 e. The SMILES string of the molecule is CC(C(=O)O)=C(C(O)CCCC=CC[C@@](C)(O)C=CC1=CCCC1)[C@H]1CCCC1=O. The van der Waals surface area contributed by atoms with Crippen LogP contribution < -0.4 is 0 Å². The van der Waals surface area contributed by atoms with Gasteiger partial charge in [-0.3, -0.25) is 4.79 Å². The van der Waals surface area contributed by atoms with Gasteiger partial charge in [-0.05, 0) is 77.2 Å². The minimum atomic E-state index is -1.08. The molecule has 0 spiro atoms. The number of ketones is 1. The van der Waals surface area contributed by atoms with Crippen molar-refractivity contribution in [1.29, 1.82) is 0 Å². The zero-order chi connectivity index (χ0) is 22.1. The van der Waals surface area contributed by atoms with Gasteiger partial charge in [-0.25, -0.2) is 4.79 Å². The lowest BCUT2D eigenvalue weighted by Crippen LogP contribution is -2.24. The van der Waals surface area contributed by atoms with Gasteiger partial charge in [-0.1, -0.05) is 36.0 Å². The van der Waals surface area contributed by atoms with E-state index in [1.165, 1.54) is 18.9 Å². The number of hydrogen-bond acceptors (Lipinski definition) is 4. The van der Waals surface area contributed by atoms with Gasteiger partial charge in [0.1, 0.15) is 5.78 Å². The van der Waals surface area contributed by atoms with Crippen LogP contribution in [0.15, 0.2) is 47.1 Å². The summed E-state index contributed by atoms with van der Waals surface area (Å²) in [5, 5.41) is 30.4. The maximum Gasteiger partial charge on any atom is 0.331 e. The third kappa shape index (κ3) is 7.37. The number of unbranched alkanes of at least 4 members (excludes halogenated alkanes) is 1. The Balaban J connectivity index is 1.82. The molecule has 1 fully saturated rings. The Morgan fingerprint density at radius 3 is 2.67 bits per heavy atom. The molecule has 0 aromatic carbocycles. The highest BCUT2D eigenvalue weighted by Gasteiger charge is 2.33. The Morgan fingerprint density at radius 1 is 1.30 bits per heavy atom. The van der Waals surface area contributed by atoms with Crippen molar-refractivity contribution in [3.63, 3.8) is 0 Å². The van der Waals surface area contributed by atoms with E-state index in [0.717, 1.165) is 25.7 Å². The Labute approximate surface area is 179 Å². The van der Waals surface area contributed by atoms with Crippen LogP contribution in [0.25, 0.3) is 0 Å². The van der Waals surface area contributed by atoms with Gasteiger partial charge in [0, 0.05) is 17.9 Å². The van der Waals surface area contributed by atoms with Gasteiger partial charge in [-0.2, -0.15) is 0 Å². The summed E-state index contributed by atoms with van der Waals surface area (Å²) in [6.45, 7) is 3.26. The molecule has 0 aromatic rings. The van der Waals surface area contributed by atoms with Gasteiger partial charge in [-0.15, -0.1) is 0 Å².